The maximum absolute atomic E-state index is 6.18. The highest BCUT2D eigenvalue weighted by Gasteiger charge is 2.06. The Bertz CT molecular complexity index is 834. The summed E-state index contributed by atoms with van der Waals surface area (Å²) in [5, 5.41) is 5.73. The van der Waals surface area contributed by atoms with Gasteiger partial charge in [-0.3, -0.25) is 0 Å². The zero-order chi connectivity index (χ0) is 17.6. The summed E-state index contributed by atoms with van der Waals surface area (Å²) in [6.45, 7) is 4.02. The largest absolute Gasteiger partial charge is 0.494 e. The first-order valence-electron chi connectivity index (χ1n) is 7.98. The van der Waals surface area contributed by atoms with Crippen molar-refractivity contribution >= 4 is 34.5 Å². The Kier molecular flexibility index (Phi) is 6.32. The molecule has 1 aromatic heterocycles. The first-order valence-corrected chi connectivity index (χ1v) is 9.55. The predicted molar refractivity (Wildman–Crippen MR) is 106 cm³/mol. The number of ether oxygens (including phenoxy) is 1. The van der Waals surface area contributed by atoms with E-state index in [0.717, 1.165) is 26.8 Å². The summed E-state index contributed by atoms with van der Waals surface area (Å²) < 4.78 is 5.47. The molecule has 2 aromatic carbocycles. The van der Waals surface area contributed by atoms with Gasteiger partial charge in [0.2, 0.25) is 0 Å². The Hall–Kier alpha value is -1.59. The summed E-state index contributed by atoms with van der Waals surface area (Å²) in [6, 6.07) is 13.6. The third-order valence-corrected chi connectivity index (χ3v) is 5.24. The van der Waals surface area contributed by atoms with Crippen LogP contribution in [-0.4, -0.2) is 11.6 Å². The molecule has 0 saturated carbocycles. The van der Waals surface area contributed by atoms with E-state index < -0.39 is 0 Å². The average molecular weight is 393 g/mol. The minimum atomic E-state index is 0.647. The number of hydrogen-bond donors (Lipinski definition) is 1. The van der Waals surface area contributed by atoms with Crippen molar-refractivity contribution in [3.05, 3.63) is 69.3 Å². The molecule has 3 nitrogen and oxygen atoms in total. The number of benzene rings is 2. The van der Waals surface area contributed by atoms with Crippen molar-refractivity contribution in [2.75, 3.05) is 6.61 Å². The van der Waals surface area contributed by atoms with Crippen LogP contribution in [0.5, 0.6) is 5.75 Å². The van der Waals surface area contributed by atoms with Gasteiger partial charge in [0.05, 0.1) is 11.5 Å². The topological polar surface area (TPSA) is 34.1 Å². The van der Waals surface area contributed by atoms with Crippen molar-refractivity contribution < 1.29 is 4.74 Å². The van der Waals surface area contributed by atoms with Crippen LogP contribution < -0.4 is 10.1 Å². The van der Waals surface area contributed by atoms with E-state index in [9.17, 15) is 0 Å². The van der Waals surface area contributed by atoms with Gasteiger partial charge in [-0.25, -0.2) is 4.98 Å². The molecule has 0 aliphatic rings. The number of rotatable bonds is 7. The van der Waals surface area contributed by atoms with E-state index in [1.54, 1.807) is 17.4 Å². The molecule has 1 heterocycles. The van der Waals surface area contributed by atoms with Crippen LogP contribution in [0.1, 0.15) is 17.5 Å². The zero-order valence-corrected chi connectivity index (χ0v) is 16.1. The lowest BCUT2D eigenvalue weighted by Crippen LogP contribution is -2.12. The third kappa shape index (κ3) is 4.95. The summed E-state index contributed by atoms with van der Waals surface area (Å²) in [4.78, 5) is 5.63. The third-order valence-electron chi connectivity index (χ3n) is 3.61. The lowest BCUT2D eigenvalue weighted by molar-refractivity contribution is 0.340. The number of nitrogens with zero attached hydrogens (tertiary/aromatic N) is 1. The molecule has 0 atom stereocenters. The maximum atomic E-state index is 6.18. The standard InChI is InChI=1S/C19H18Cl2N2OS/c1-2-24-16-7-4-13(5-8-16)18-11-23-19(25-18)12-22-10-14-3-6-15(20)9-17(14)21/h3-9,11,22H,2,10,12H2,1H3. The molecule has 3 rings (SSSR count). The van der Waals surface area contributed by atoms with Crippen LogP contribution in [0.4, 0.5) is 0 Å². The van der Waals surface area contributed by atoms with Crippen molar-refractivity contribution in [3.8, 4) is 16.2 Å². The van der Waals surface area contributed by atoms with Crippen LogP contribution in [0.2, 0.25) is 10.0 Å². The van der Waals surface area contributed by atoms with Crippen LogP contribution in [-0.2, 0) is 13.1 Å². The molecule has 25 heavy (non-hydrogen) atoms. The second-order valence-corrected chi connectivity index (χ2v) is 7.37. The molecule has 3 aromatic rings. The summed E-state index contributed by atoms with van der Waals surface area (Å²) in [5.74, 6) is 0.887. The molecule has 0 bridgehead atoms. The smallest absolute Gasteiger partial charge is 0.119 e. The van der Waals surface area contributed by atoms with Gasteiger partial charge in [0, 0.05) is 29.3 Å². The molecule has 0 amide bonds. The van der Waals surface area contributed by atoms with E-state index in [1.807, 2.05) is 37.4 Å². The van der Waals surface area contributed by atoms with Crippen LogP contribution in [0, 0.1) is 0 Å². The fourth-order valence-electron chi connectivity index (χ4n) is 2.38. The van der Waals surface area contributed by atoms with E-state index >= 15 is 0 Å². The molecule has 0 saturated heterocycles. The van der Waals surface area contributed by atoms with E-state index in [4.69, 9.17) is 27.9 Å². The Morgan fingerprint density at radius 2 is 1.88 bits per heavy atom. The van der Waals surface area contributed by atoms with Crippen LogP contribution in [0.3, 0.4) is 0 Å². The number of hydrogen-bond acceptors (Lipinski definition) is 4. The monoisotopic (exact) mass is 392 g/mol. The first kappa shape index (κ1) is 18.2. The van der Waals surface area contributed by atoms with E-state index in [0.29, 0.717) is 29.7 Å². The van der Waals surface area contributed by atoms with Gasteiger partial charge in [-0.2, -0.15) is 0 Å². The van der Waals surface area contributed by atoms with Gasteiger partial charge in [-0.1, -0.05) is 29.3 Å². The van der Waals surface area contributed by atoms with Gasteiger partial charge in [0.15, 0.2) is 0 Å². The number of aromatic nitrogens is 1. The highest BCUT2D eigenvalue weighted by atomic mass is 35.5. The van der Waals surface area contributed by atoms with Crippen molar-refractivity contribution in [2.24, 2.45) is 0 Å². The minimum Gasteiger partial charge on any atom is -0.494 e. The van der Waals surface area contributed by atoms with Crippen LogP contribution >= 0.6 is 34.5 Å². The van der Waals surface area contributed by atoms with Gasteiger partial charge in [-0.05, 0) is 54.4 Å². The van der Waals surface area contributed by atoms with Crippen molar-refractivity contribution in [1.82, 2.24) is 10.3 Å². The van der Waals surface area contributed by atoms with Gasteiger partial charge >= 0.3 is 0 Å². The SMILES string of the molecule is CCOc1ccc(-c2cnc(CNCc3ccc(Cl)cc3Cl)s2)cc1. The normalized spacial score (nSPS) is 10.8. The zero-order valence-electron chi connectivity index (χ0n) is 13.8. The number of nitrogens with one attached hydrogen (secondary N) is 1. The highest BCUT2D eigenvalue weighted by molar-refractivity contribution is 7.15. The Morgan fingerprint density at radius 1 is 1.08 bits per heavy atom. The van der Waals surface area contributed by atoms with Crippen molar-refractivity contribution in [2.45, 2.75) is 20.0 Å². The Labute approximate surface area is 161 Å². The molecular weight excluding hydrogens is 375 g/mol. The first-order chi connectivity index (χ1) is 12.2. The van der Waals surface area contributed by atoms with Crippen LogP contribution in [0.15, 0.2) is 48.7 Å². The summed E-state index contributed by atoms with van der Waals surface area (Å²) >= 11 is 13.8. The van der Waals surface area contributed by atoms with E-state index in [1.165, 1.54) is 0 Å². The second-order valence-electron chi connectivity index (χ2n) is 5.41. The van der Waals surface area contributed by atoms with Gasteiger partial charge in [-0.15, -0.1) is 11.3 Å². The summed E-state index contributed by atoms with van der Waals surface area (Å²) in [6.07, 6.45) is 1.91. The van der Waals surface area contributed by atoms with Crippen molar-refractivity contribution in [3.63, 3.8) is 0 Å². The summed E-state index contributed by atoms with van der Waals surface area (Å²) in [7, 11) is 0. The lowest BCUT2D eigenvalue weighted by Gasteiger charge is -2.05. The average Bonchev–Trinajstić information content (AvgIpc) is 3.07. The molecule has 6 heteroatoms. The molecule has 0 fully saturated rings. The number of thiazole rings is 1. The lowest BCUT2D eigenvalue weighted by atomic mass is 10.2. The molecule has 0 spiro atoms. The molecule has 130 valence electrons. The summed E-state index contributed by atoms with van der Waals surface area (Å²) in [5.41, 5.74) is 2.17. The molecule has 0 aliphatic heterocycles. The molecule has 0 unspecified atom stereocenters. The van der Waals surface area contributed by atoms with Gasteiger partial charge in [0.1, 0.15) is 10.8 Å². The fourth-order valence-corrected chi connectivity index (χ4v) is 3.74. The Morgan fingerprint density at radius 3 is 2.60 bits per heavy atom. The Balaban J connectivity index is 1.58. The minimum absolute atomic E-state index is 0.647. The molecule has 0 aliphatic carbocycles. The second kappa shape index (κ2) is 8.68. The highest BCUT2D eigenvalue weighted by Crippen LogP contribution is 2.28. The quantitative estimate of drug-likeness (QED) is 0.550. The van der Waals surface area contributed by atoms with Gasteiger partial charge in [0.25, 0.3) is 0 Å². The molecular formula is C19H18Cl2N2OS. The fraction of sp³-hybridized carbons (Fsp3) is 0.211. The van der Waals surface area contributed by atoms with E-state index in [2.05, 4.69) is 22.4 Å². The van der Waals surface area contributed by atoms with Crippen LogP contribution in [0.25, 0.3) is 10.4 Å². The van der Waals surface area contributed by atoms with Gasteiger partial charge < -0.3 is 10.1 Å². The maximum Gasteiger partial charge on any atom is 0.119 e. The predicted octanol–water partition coefficient (Wildman–Crippen LogP) is 5.81. The van der Waals surface area contributed by atoms with Crippen molar-refractivity contribution in [1.29, 1.82) is 0 Å². The number of halogens is 2. The van der Waals surface area contributed by atoms with E-state index in [-0.39, 0.29) is 0 Å². The molecule has 0 radical (unpaired) electrons. The molecule has 1 N–H and O–H groups in total.